The SMILES string of the molecule is CCN1CCCC1CNC(=O)c1cc(OC)c(OC)cc1I. The number of nitrogens with one attached hydrogen (secondary N) is 1. The highest BCUT2D eigenvalue weighted by molar-refractivity contribution is 14.1. The molecule has 6 heteroatoms. The molecule has 0 spiro atoms. The number of benzene rings is 1. The van der Waals surface area contributed by atoms with Crippen LogP contribution >= 0.6 is 22.6 Å². The van der Waals surface area contributed by atoms with Crippen LogP contribution in [0.5, 0.6) is 11.5 Å². The summed E-state index contributed by atoms with van der Waals surface area (Å²) >= 11 is 2.15. The highest BCUT2D eigenvalue weighted by Gasteiger charge is 2.24. The number of carbonyl (C=O) groups excluding carboxylic acids is 1. The molecule has 0 bridgehead atoms. The molecular weight excluding hydrogens is 395 g/mol. The van der Waals surface area contributed by atoms with Gasteiger partial charge >= 0.3 is 0 Å². The first-order valence-electron chi connectivity index (χ1n) is 7.54. The van der Waals surface area contributed by atoms with Gasteiger partial charge in [-0.25, -0.2) is 0 Å². The molecule has 0 aliphatic carbocycles. The summed E-state index contributed by atoms with van der Waals surface area (Å²) in [5, 5.41) is 3.05. The van der Waals surface area contributed by atoms with Crippen LogP contribution in [-0.2, 0) is 0 Å². The van der Waals surface area contributed by atoms with Gasteiger partial charge in [0.25, 0.3) is 5.91 Å². The average molecular weight is 418 g/mol. The molecule has 0 saturated carbocycles. The van der Waals surface area contributed by atoms with E-state index in [-0.39, 0.29) is 5.91 Å². The molecule has 1 atom stereocenters. The Morgan fingerprint density at radius 2 is 2.05 bits per heavy atom. The van der Waals surface area contributed by atoms with Crippen molar-refractivity contribution in [1.82, 2.24) is 10.2 Å². The second-order valence-corrected chi connectivity index (χ2v) is 6.48. The smallest absolute Gasteiger partial charge is 0.252 e. The molecular formula is C16H23IN2O3. The molecule has 1 aliphatic heterocycles. The molecule has 122 valence electrons. The van der Waals surface area contributed by atoms with Crippen LogP contribution in [0, 0.1) is 3.57 Å². The molecule has 1 amide bonds. The summed E-state index contributed by atoms with van der Waals surface area (Å²) in [6, 6.07) is 4.01. The van der Waals surface area contributed by atoms with Crippen molar-refractivity contribution in [1.29, 1.82) is 0 Å². The van der Waals surface area contributed by atoms with E-state index in [9.17, 15) is 4.79 Å². The van der Waals surface area contributed by atoms with Gasteiger partial charge in [-0.2, -0.15) is 0 Å². The summed E-state index contributed by atoms with van der Waals surface area (Å²) in [4.78, 5) is 14.9. The maximum absolute atomic E-state index is 12.5. The maximum atomic E-state index is 12.5. The Kier molecular flexibility index (Phi) is 6.31. The highest BCUT2D eigenvalue weighted by atomic mass is 127. The Hall–Kier alpha value is -1.02. The molecule has 0 aromatic heterocycles. The third kappa shape index (κ3) is 3.84. The van der Waals surface area contributed by atoms with Crippen molar-refractivity contribution in [2.75, 3.05) is 33.9 Å². The maximum Gasteiger partial charge on any atom is 0.252 e. The first-order chi connectivity index (χ1) is 10.6. The number of nitrogens with zero attached hydrogens (tertiary/aromatic N) is 1. The summed E-state index contributed by atoms with van der Waals surface area (Å²) < 4.78 is 11.4. The largest absolute Gasteiger partial charge is 0.493 e. The van der Waals surface area contributed by atoms with Crippen LogP contribution in [-0.4, -0.2) is 50.7 Å². The van der Waals surface area contributed by atoms with E-state index in [1.165, 1.54) is 6.42 Å². The number of rotatable bonds is 6. The van der Waals surface area contributed by atoms with Crippen LogP contribution in [0.3, 0.4) is 0 Å². The fourth-order valence-electron chi connectivity index (χ4n) is 2.88. The average Bonchev–Trinajstić information content (AvgIpc) is 2.99. The van der Waals surface area contributed by atoms with Crippen molar-refractivity contribution in [3.05, 3.63) is 21.3 Å². The number of amides is 1. The predicted molar refractivity (Wildman–Crippen MR) is 94.9 cm³/mol. The molecule has 1 saturated heterocycles. The standard InChI is InChI=1S/C16H23IN2O3/c1-4-19-7-5-6-11(19)10-18-16(20)12-8-14(21-2)15(22-3)9-13(12)17/h8-9,11H,4-7,10H2,1-3H3,(H,18,20). The number of methoxy groups -OCH3 is 2. The van der Waals surface area contributed by atoms with E-state index in [4.69, 9.17) is 9.47 Å². The normalized spacial score (nSPS) is 18.3. The number of likely N-dealkylation sites (tertiary alicyclic amines) is 1. The lowest BCUT2D eigenvalue weighted by Gasteiger charge is -2.23. The first kappa shape index (κ1) is 17.3. The Bertz CT molecular complexity index is 536. The van der Waals surface area contributed by atoms with Gasteiger partial charge in [0.1, 0.15) is 0 Å². The molecule has 1 heterocycles. The van der Waals surface area contributed by atoms with Gasteiger partial charge in [-0.3, -0.25) is 9.69 Å². The number of hydrogen-bond donors (Lipinski definition) is 1. The molecule has 1 aromatic carbocycles. The van der Waals surface area contributed by atoms with Gasteiger partial charge in [-0.15, -0.1) is 0 Å². The molecule has 1 N–H and O–H groups in total. The van der Waals surface area contributed by atoms with Crippen molar-refractivity contribution in [2.45, 2.75) is 25.8 Å². The number of carbonyl (C=O) groups is 1. The Labute approximate surface area is 145 Å². The summed E-state index contributed by atoms with van der Waals surface area (Å²) in [5.41, 5.74) is 0.624. The molecule has 1 aromatic rings. The van der Waals surface area contributed by atoms with E-state index in [1.54, 1.807) is 20.3 Å². The number of likely N-dealkylation sites (N-methyl/N-ethyl adjacent to an activating group) is 1. The van der Waals surface area contributed by atoms with Crippen LogP contribution in [0.4, 0.5) is 0 Å². The van der Waals surface area contributed by atoms with Crippen LogP contribution in [0.15, 0.2) is 12.1 Å². The van der Waals surface area contributed by atoms with E-state index in [0.29, 0.717) is 29.6 Å². The van der Waals surface area contributed by atoms with Crippen molar-refractivity contribution >= 4 is 28.5 Å². The molecule has 1 aliphatic rings. The predicted octanol–water partition coefficient (Wildman–Crippen LogP) is 2.52. The van der Waals surface area contributed by atoms with Gasteiger partial charge in [0.15, 0.2) is 11.5 Å². The van der Waals surface area contributed by atoms with Gasteiger partial charge in [0.05, 0.1) is 19.8 Å². The van der Waals surface area contributed by atoms with E-state index in [0.717, 1.165) is 23.1 Å². The number of ether oxygens (including phenoxy) is 2. The molecule has 0 radical (unpaired) electrons. The molecule has 1 fully saturated rings. The summed E-state index contributed by atoms with van der Waals surface area (Å²) in [6.45, 7) is 5.02. The van der Waals surface area contributed by atoms with Crippen LogP contribution in [0.1, 0.15) is 30.1 Å². The van der Waals surface area contributed by atoms with Gasteiger partial charge < -0.3 is 14.8 Å². The van der Waals surface area contributed by atoms with Gasteiger partial charge in [-0.05, 0) is 60.7 Å². The highest BCUT2D eigenvalue weighted by Crippen LogP contribution is 2.31. The van der Waals surface area contributed by atoms with E-state index < -0.39 is 0 Å². The third-order valence-corrected chi connectivity index (χ3v) is 5.01. The van der Waals surface area contributed by atoms with Crippen molar-refractivity contribution in [3.63, 3.8) is 0 Å². The molecule has 22 heavy (non-hydrogen) atoms. The zero-order chi connectivity index (χ0) is 16.1. The molecule has 1 unspecified atom stereocenters. The van der Waals surface area contributed by atoms with Crippen LogP contribution in [0.25, 0.3) is 0 Å². The lowest BCUT2D eigenvalue weighted by Crippen LogP contribution is -2.40. The lowest BCUT2D eigenvalue weighted by molar-refractivity contribution is 0.0940. The van der Waals surface area contributed by atoms with Crippen molar-refractivity contribution < 1.29 is 14.3 Å². The second-order valence-electron chi connectivity index (χ2n) is 5.32. The van der Waals surface area contributed by atoms with Gasteiger partial charge in [0, 0.05) is 16.2 Å². The van der Waals surface area contributed by atoms with Crippen molar-refractivity contribution in [2.24, 2.45) is 0 Å². The van der Waals surface area contributed by atoms with E-state index >= 15 is 0 Å². The summed E-state index contributed by atoms with van der Waals surface area (Å²) in [5.74, 6) is 1.15. The first-order valence-corrected chi connectivity index (χ1v) is 8.62. The molecule has 2 rings (SSSR count). The van der Waals surface area contributed by atoms with Gasteiger partial charge in [0.2, 0.25) is 0 Å². The third-order valence-electron chi connectivity index (χ3n) is 4.12. The van der Waals surface area contributed by atoms with Gasteiger partial charge in [-0.1, -0.05) is 6.92 Å². The Morgan fingerprint density at radius 1 is 1.36 bits per heavy atom. The van der Waals surface area contributed by atoms with E-state index in [2.05, 4.69) is 39.7 Å². The fraction of sp³-hybridized carbons (Fsp3) is 0.562. The molecule has 5 nitrogen and oxygen atoms in total. The zero-order valence-corrected chi connectivity index (χ0v) is 15.5. The quantitative estimate of drug-likeness (QED) is 0.722. The van der Waals surface area contributed by atoms with Crippen LogP contribution in [0.2, 0.25) is 0 Å². The lowest BCUT2D eigenvalue weighted by atomic mass is 10.1. The number of hydrogen-bond acceptors (Lipinski definition) is 4. The minimum atomic E-state index is -0.0618. The summed E-state index contributed by atoms with van der Waals surface area (Å²) in [7, 11) is 3.16. The number of halogens is 1. The van der Waals surface area contributed by atoms with Crippen molar-refractivity contribution in [3.8, 4) is 11.5 Å². The second kappa shape index (κ2) is 8.01. The Morgan fingerprint density at radius 3 is 2.68 bits per heavy atom. The summed E-state index contributed by atoms with van der Waals surface area (Å²) in [6.07, 6.45) is 2.36. The minimum Gasteiger partial charge on any atom is -0.493 e. The Balaban J connectivity index is 2.06. The topological polar surface area (TPSA) is 50.8 Å². The minimum absolute atomic E-state index is 0.0618. The van der Waals surface area contributed by atoms with Crippen LogP contribution < -0.4 is 14.8 Å². The van der Waals surface area contributed by atoms with E-state index in [1.807, 2.05) is 6.07 Å². The fourth-order valence-corrected chi connectivity index (χ4v) is 3.56. The zero-order valence-electron chi connectivity index (χ0n) is 13.3. The monoisotopic (exact) mass is 418 g/mol.